The van der Waals surface area contributed by atoms with E-state index < -0.39 is 29.6 Å². The molecule has 0 saturated carbocycles. The monoisotopic (exact) mass is 395 g/mol. The smallest absolute Gasteiger partial charge is 0.253 e. The number of alkyl halides is 3. The normalized spacial score (nSPS) is 13.1. The molecule has 0 fully saturated rings. The first-order valence-corrected chi connectivity index (χ1v) is 8.58. The number of hydrogen-bond acceptors (Lipinski definition) is 4. The summed E-state index contributed by atoms with van der Waals surface area (Å²) in [7, 11) is 0. The summed E-state index contributed by atoms with van der Waals surface area (Å²) in [5.41, 5.74) is 2.81. The fourth-order valence-corrected chi connectivity index (χ4v) is 2.46. The summed E-state index contributed by atoms with van der Waals surface area (Å²) in [4.78, 5) is 14.3. The van der Waals surface area contributed by atoms with Gasteiger partial charge in [-0.05, 0) is 17.2 Å². The number of nitriles is 1. The summed E-state index contributed by atoms with van der Waals surface area (Å²) in [6, 6.07) is 11.3. The highest BCUT2D eigenvalue weighted by molar-refractivity contribution is 6.53. The summed E-state index contributed by atoms with van der Waals surface area (Å²) in [5.74, 6) is -0.768. The number of carbonyl (C=O) groups is 1. The summed E-state index contributed by atoms with van der Waals surface area (Å²) in [6.07, 6.45) is 0.651. The van der Waals surface area contributed by atoms with Crippen LogP contribution in [0.1, 0.15) is 17.4 Å². The molecule has 0 unspecified atom stereocenters. The highest BCUT2D eigenvalue weighted by atomic mass is 35.5. The quantitative estimate of drug-likeness (QED) is 0.705. The Labute approximate surface area is 160 Å². The Hall–Kier alpha value is -2.20. The van der Waals surface area contributed by atoms with Gasteiger partial charge < -0.3 is 10.4 Å². The Morgan fingerprint density at radius 1 is 1.23 bits per heavy atom. The van der Waals surface area contributed by atoms with Crippen molar-refractivity contribution in [3.8, 4) is 17.2 Å². The molecule has 2 N–H and O–H groups in total. The van der Waals surface area contributed by atoms with Crippen LogP contribution in [0.4, 0.5) is 4.39 Å². The van der Waals surface area contributed by atoms with Gasteiger partial charge in [-0.15, -0.1) is 0 Å². The van der Waals surface area contributed by atoms with Gasteiger partial charge in [0.1, 0.15) is 12.8 Å². The van der Waals surface area contributed by atoms with Crippen LogP contribution in [0, 0.1) is 11.3 Å². The van der Waals surface area contributed by atoms with Crippen molar-refractivity contribution in [2.75, 3.05) is 6.67 Å². The number of halogens is 3. The van der Waals surface area contributed by atoms with E-state index in [1.807, 2.05) is 12.1 Å². The van der Waals surface area contributed by atoms with Crippen LogP contribution in [-0.4, -0.2) is 33.6 Å². The SMILES string of the molecule is N#CCc1ccc(-c2ccc([C@H](O)[C@@H](CF)NC(=O)C(Cl)Cl)cc2)cn1. The first kappa shape index (κ1) is 20.1. The van der Waals surface area contributed by atoms with Crippen LogP contribution in [0.2, 0.25) is 0 Å². The zero-order valence-electron chi connectivity index (χ0n) is 13.6. The Kier molecular flexibility index (Phi) is 7.34. The molecule has 1 amide bonds. The molecule has 1 heterocycles. The molecule has 0 aliphatic heterocycles. The summed E-state index contributed by atoms with van der Waals surface area (Å²) < 4.78 is 13.2. The standard InChI is InChI=1S/C18H16Cl2FN3O2/c19-17(20)18(26)24-15(9-21)16(25)12-3-1-11(2-4-12)13-5-6-14(7-8-22)23-10-13/h1-6,10,15-17,25H,7,9H2,(H,24,26)/t15-,16+/m1/s1. The van der Waals surface area contributed by atoms with Crippen LogP contribution in [0.3, 0.4) is 0 Å². The lowest BCUT2D eigenvalue weighted by Gasteiger charge is -2.22. The topological polar surface area (TPSA) is 86.0 Å². The van der Waals surface area contributed by atoms with Crippen molar-refractivity contribution >= 4 is 29.1 Å². The van der Waals surface area contributed by atoms with Gasteiger partial charge in [-0.2, -0.15) is 5.26 Å². The fraction of sp³-hybridized carbons (Fsp3) is 0.278. The molecule has 1 aromatic heterocycles. The van der Waals surface area contributed by atoms with Gasteiger partial charge in [-0.25, -0.2) is 4.39 Å². The Bertz CT molecular complexity index is 777. The van der Waals surface area contributed by atoms with E-state index in [1.165, 1.54) is 0 Å². The number of nitrogens with one attached hydrogen (secondary N) is 1. The second-order valence-electron chi connectivity index (χ2n) is 5.51. The van der Waals surface area contributed by atoms with E-state index in [0.717, 1.165) is 11.1 Å². The molecule has 8 heteroatoms. The molecule has 2 atom stereocenters. The molecule has 2 aromatic rings. The van der Waals surface area contributed by atoms with Gasteiger partial charge in [-0.1, -0.05) is 53.5 Å². The second-order valence-corrected chi connectivity index (χ2v) is 6.61. The number of aromatic nitrogens is 1. The largest absolute Gasteiger partial charge is 0.386 e. The van der Waals surface area contributed by atoms with Gasteiger partial charge in [0.25, 0.3) is 5.91 Å². The predicted molar refractivity (Wildman–Crippen MR) is 97.3 cm³/mol. The van der Waals surface area contributed by atoms with Crippen molar-refractivity contribution < 1.29 is 14.3 Å². The number of aliphatic hydroxyl groups is 1. The van der Waals surface area contributed by atoms with E-state index in [0.29, 0.717) is 11.3 Å². The average Bonchev–Trinajstić information content (AvgIpc) is 2.66. The lowest BCUT2D eigenvalue weighted by atomic mass is 9.99. The Morgan fingerprint density at radius 2 is 1.88 bits per heavy atom. The van der Waals surface area contributed by atoms with Gasteiger partial charge in [0.2, 0.25) is 0 Å². The third kappa shape index (κ3) is 5.15. The molecule has 0 bridgehead atoms. The van der Waals surface area contributed by atoms with Crippen molar-refractivity contribution in [2.24, 2.45) is 0 Å². The maximum absolute atomic E-state index is 13.2. The molecule has 26 heavy (non-hydrogen) atoms. The summed E-state index contributed by atoms with van der Waals surface area (Å²) >= 11 is 10.9. The molecule has 2 rings (SSSR count). The van der Waals surface area contributed by atoms with Crippen LogP contribution in [0.25, 0.3) is 11.1 Å². The van der Waals surface area contributed by atoms with Crippen LogP contribution < -0.4 is 5.32 Å². The number of rotatable bonds is 7. The third-order valence-electron chi connectivity index (χ3n) is 3.74. The number of benzene rings is 1. The Morgan fingerprint density at radius 3 is 2.38 bits per heavy atom. The van der Waals surface area contributed by atoms with E-state index in [1.54, 1.807) is 36.5 Å². The highest BCUT2D eigenvalue weighted by Gasteiger charge is 2.25. The van der Waals surface area contributed by atoms with Crippen molar-refractivity contribution in [3.63, 3.8) is 0 Å². The van der Waals surface area contributed by atoms with Crippen LogP contribution in [-0.2, 0) is 11.2 Å². The lowest BCUT2D eigenvalue weighted by Crippen LogP contribution is -2.43. The van der Waals surface area contributed by atoms with Crippen molar-refractivity contribution in [2.45, 2.75) is 23.4 Å². The summed E-state index contributed by atoms with van der Waals surface area (Å²) in [6.45, 7) is -0.973. The molecule has 0 aliphatic carbocycles. The number of nitrogens with zero attached hydrogens (tertiary/aromatic N) is 2. The minimum absolute atomic E-state index is 0.243. The van der Waals surface area contributed by atoms with Crippen LogP contribution >= 0.6 is 23.2 Å². The molecule has 0 radical (unpaired) electrons. The van der Waals surface area contributed by atoms with E-state index in [-0.39, 0.29) is 6.42 Å². The first-order chi connectivity index (χ1) is 12.5. The van der Waals surface area contributed by atoms with Crippen LogP contribution in [0.5, 0.6) is 0 Å². The fourth-order valence-electron chi connectivity index (χ4n) is 2.33. The third-order valence-corrected chi connectivity index (χ3v) is 4.14. The highest BCUT2D eigenvalue weighted by Crippen LogP contribution is 2.24. The van der Waals surface area contributed by atoms with Gasteiger partial charge in [0.15, 0.2) is 4.84 Å². The molecule has 5 nitrogen and oxygen atoms in total. The van der Waals surface area contributed by atoms with E-state index in [2.05, 4.69) is 10.3 Å². The number of hydrogen-bond donors (Lipinski definition) is 2. The number of pyridine rings is 1. The molecule has 0 aliphatic rings. The zero-order valence-corrected chi connectivity index (χ0v) is 15.1. The number of aliphatic hydroxyl groups excluding tert-OH is 1. The maximum Gasteiger partial charge on any atom is 0.253 e. The van der Waals surface area contributed by atoms with Gasteiger partial charge in [0.05, 0.1) is 24.2 Å². The number of amides is 1. The average molecular weight is 396 g/mol. The minimum Gasteiger partial charge on any atom is -0.386 e. The van der Waals surface area contributed by atoms with Gasteiger partial charge in [0, 0.05) is 11.8 Å². The molecular weight excluding hydrogens is 380 g/mol. The van der Waals surface area contributed by atoms with E-state index in [9.17, 15) is 14.3 Å². The van der Waals surface area contributed by atoms with E-state index >= 15 is 0 Å². The first-order valence-electron chi connectivity index (χ1n) is 7.71. The molecule has 0 saturated heterocycles. The van der Waals surface area contributed by atoms with Crippen molar-refractivity contribution in [1.29, 1.82) is 5.26 Å². The van der Waals surface area contributed by atoms with Gasteiger partial charge >= 0.3 is 0 Å². The van der Waals surface area contributed by atoms with E-state index in [4.69, 9.17) is 28.5 Å². The number of carbonyl (C=O) groups excluding carboxylic acids is 1. The van der Waals surface area contributed by atoms with Crippen molar-refractivity contribution in [1.82, 2.24) is 10.3 Å². The predicted octanol–water partition coefficient (Wildman–Crippen LogP) is 3.11. The molecule has 1 aromatic carbocycles. The molecule has 136 valence electrons. The minimum atomic E-state index is -1.34. The lowest BCUT2D eigenvalue weighted by molar-refractivity contribution is -0.121. The Balaban J connectivity index is 2.12. The second kappa shape index (κ2) is 9.48. The summed E-state index contributed by atoms with van der Waals surface area (Å²) in [5, 5.41) is 21.2. The van der Waals surface area contributed by atoms with Crippen LogP contribution in [0.15, 0.2) is 42.6 Å². The van der Waals surface area contributed by atoms with Gasteiger partial charge in [-0.3, -0.25) is 9.78 Å². The zero-order chi connectivity index (χ0) is 19.1. The maximum atomic E-state index is 13.2. The molecular formula is C18H16Cl2FN3O2. The molecule has 0 spiro atoms. The van der Waals surface area contributed by atoms with Crippen molar-refractivity contribution in [3.05, 3.63) is 53.9 Å².